The summed E-state index contributed by atoms with van der Waals surface area (Å²) < 4.78 is 5.43. The minimum atomic E-state index is -0.238. The molecule has 0 saturated carbocycles. The summed E-state index contributed by atoms with van der Waals surface area (Å²) in [5.74, 6) is -0.238. The molecular weight excluding hydrogens is 269 g/mol. The predicted octanol–water partition coefficient (Wildman–Crippen LogP) is 1.40. The van der Waals surface area contributed by atoms with Crippen LogP contribution in [-0.4, -0.2) is 18.1 Å². The van der Waals surface area contributed by atoms with Gasteiger partial charge in [0.05, 0.1) is 13.5 Å². The van der Waals surface area contributed by atoms with E-state index in [1.807, 2.05) is 12.1 Å². The van der Waals surface area contributed by atoms with Crippen LogP contribution < -0.4 is 0 Å². The molecule has 1 aromatic rings. The number of aromatic nitrogens is 1. The van der Waals surface area contributed by atoms with E-state index in [-0.39, 0.29) is 5.97 Å². The van der Waals surface area contributed by atoms with Crippen molar-refractivity contribution in [2.45, 2.75) is 6.42 Å². The lowest BCUT2D eigenvalue weighted by molar-refractivity contribution is -0.139. The molecule has 1 aromatic heterocycles. The lowest BCUT2D eigenvalue weighted by atomic mass is 10.2. The Hall–Kier alpha value is -0.650. The van der Waals surface area contributed by atoms with E-state index in [9.17, 15) is 4.79 Å². The second kappa shape index (κ2) is 4.39. The van der Waals surface area contributed by atoms with Crippen LogP contribution >= 0.6 is 22.6 Å². The van der Waals surface area contributed by atoms with Gasteiger partial charge >= 0.3 is 5.97 Å². The molecule has 64 valence electrons. The van der Waals surface area contributed by atoms with E-state index in [0.717, 1.165) is 9.26 Å². The van der Waals surface area contributed by atoms with Crippen molar-refractivity contribution in [3.05, 3.63) is 27.6 Å². The Labute approximate surface area is 84.3 Å². The third-order valence-corrected chi connectivity index (χ3v) is 2.00. The molecule has 0 amide bonds. The molecule has 0 N–H and O–H groups in total. The SMILES string of the molecule is COC(=O)Cc1ccc(I)nc1. The number of methoxy groups -OCH3 is 1. The van der Waals surface area contributed by atoms with Gasteiger partial charge in [-0.1, -0.05) is 6.07 Å². The van der Waals surface area contributed by atoms with E-state index in [2.05, 4.69) is 32.3 Å². The average Bonchev–Trinajstić information content (AvgIpc) is 2.09. The van der Waals surface area contributed by atoms with Gasteiger partial charge < -0.3 is 4.74 Å². The van der Waals surface area contributed by atoms with E-state index >= 15 is 0 Å². The highest BCUT2D eigenvalue weighted by atomic mass is 127. The minimum absolute atomic E-state index is 0.238. The zero-order valence-electron chi connectivity index (χ0n) is 6.58. The first-order valence-corrected chi connectivity index (χ1v) is 4.47. The Kier molecular flexibility index (Phi) is 3.46. The quantitative estimate of drug-likeness (QED) is 0.466. The summed E-state index contributed by atoms with van der Waals surface area (Å²) in [5, 5.41) is 0. The molecule has 4 heteroatoms. The number of esters is 1. The largest absolute Gasteiger partial charge is 0.469 e. The summed E-state index contributed by atoms with van der Waals surface area (Å²) >= 11 is 2.11. The van der Waals surface area contributed by atoms with Gasteiger partial charge in [0, 0.05) is 6.20 Å². The van der Waals surface area contributed by atoms with Gasteiger partial charge in [0.25, 0.3) is 0 Å². The van der Waals surface area contributed by atoms with Gasteiger partial charge in [-0.15, -0.1) is 0 Å². The van der Waals surface area contributed by atoms with Crippen LogP contribution in [-0.2, 0) is 16.0 Å². The van der Waals surface area contributed by atoms with Gasteiger partial charge in [-0.05, 0) is 34.2 Å². The molecule has 0 spiro atoms. The van der Waals surface area contributed by atoms with Crippen LogP contribution in [0.4, 0.5) is 0 Å². The molecule has 3 nitrogen and oxygen atoms in total. The molecule has 0 aromatic carbocycles. The maximum atomic E-state index is 10.8. The molecule has 0 fully saturated rings. The molecule has 1 heterocycles. The average molecular weight is 277 g/mol. The second-order valence-corrected chi connectivity index (χ2v) is 3.35. The van der Waals surface area contributed by atoms with Crippen molar-refractivity contribution in [1.82, 2.24) is 4.98 Å². The molecule has 0 unspecified atom stereocenters. The lowest BCUT2D eigenvalue weighted by Crippen LogP contribution is -2.04. The Morgan fingerprint density at radius 3 is 2.92 bits per heavy atom. The van der Waals surface area contributed by atoms with Gasteiger partial charge in [0.15, 0.2) is 0 Å². The monoisotopic (exact) mass is 277 g/mol. The Bertz CT molecular complexity index is 271. The third-order valence-electron chi connectivity index (χ3n) is 1.36. The van der Waals surface area contributed by atoms with Crippen LogP contribution in [0.15, 0.2) is 18.3 Å². The summed E-state index contributed by atoms with van der Waals surface area (Å²) in [6.45, 7) is 0. The highest BCUT2D eigenvalue weighted by molar-refractivity contribution is 14.1. The zero-order valence-corrected chi connectivity index (χ0v) is 8.74. The first kappa shape index (κ1) is 9.44. The Balaban J connectivity index is 2.64. The number of ether oxygens (including phenoxy) is 1. The van der Waals surface area contributed by atoms with Crippen LogP contribution in [0.1, 0.15) is 5.56 Å². The fraction of sp³-hybridized carbons (Fsp3) is 0.250. The van der Waals surface area contributed by atoms with Crippen LogP contribution in [0.2, 0.25) is 0 Å². The number of hydrogen-bond donors (Lipinski definition) is 0. The molecule has 0 aliphatic carbocycles. The Morgan fingerprint density at radius 1 is 1.67 bits per heavy atom. The number of halogens is 1. The van der Waals surface area contributed by atoms with Crippen molar-refractivity contribution in [2.75, 3.05) is 7.11 Å². The third kappa shape index (κ3) is 2.77. The van der Waals surface area contributed by atoms with Crippen molar-refractivity contribution >= 4 is 28.6 Å². The lowest BCUT2D eigenvalue weighted by Gasteiger charge is -1.98. The summed E-state index contributed by atoms with van der Waals surface area (Å²) in [7, 11) is 1.38. The summed E-state index contributed by atoms with van der Waals surface area (Å²) in [6, 6.07) is 3.73. The number of pyridine rings is 1. The van der Waals surface area contributed by atoms with Gasteiger partial charge in [-0.2, -0.15) is 0 Å². The van der Waals surface area contributed by atoms with Crippen molar-refractivity contribution in [1.29, 1.82) is 0 Å². The van der Waals surface area contributed by atoms with Crippen molar-refractivity contribution in [2.24, 2.45) is 0 Å². The molecule has 0 aliphatic heterocycles. The number of hydrogen-bond acceptors (Lipinski definition) is 3. The van der Waals surface area contributed by atoms with Crippen LogP contribution in [0.3, 0.4) is 0 Å². The summed E-state index contributed by atoms with van der Waals surface area (Å²) in [6.07, 6.45) is 1.97. The van der Waals surface area contributed by atoms with Crippen molar-refractivity contribution in [3.8, 4) is 0 Å². The fourth-order valence-electron chi connectivity index (χ4n) is 0.750. The van der Waals surface area contributed by atoms with Crippen molar-refractivity contribution in [3.63, 3.8) is 0 Å². The van der Waals surface area contributed by atoms with Crippen LogP contribution in [0, 0.1) is 3.70 Å². The summed E-state index contributed by atoms with van der Waals surface area (Å²) in [4.78, 5) is 14.9. The second-order valence-electron chi connectivity index (χ2n) is 2.24. The fourth-order valence-corrected chi connectivity index (χ4v) is 1.07. The number of carbonyl (C=O) groups excluding carboxylic acids is 1. The number of carbonyl (C=O) groups is 1. The number of rotatable bonds is 2. The smallest absolute Gasteiger partial charge is 0.310 e. The molecule has 0 radical (unpaired) electrons. The molecule has 12 heavy (non-hydrogen) atoms. The number of nitrogens with zero attached hydrogens (tertiary/aromatic N) is 1. The van der Waals surface area contributed by atoms with E-state index in [1.54, 1.807) is 6.20 Å². The van der Waals surface area contributed by atoms with E-state index < -0.39 is 0 Å². The Morgan fingerprint density at radius 2 is 2.42 bits per heavy atom. The van der Waals surface area contributed by atoms with Gasteiger partial charge in [0.1, 0.15) is 3.70 Å². The standard InChI is InChI=1S/C8H8INO2/c1-12-8(11)4-6-2-3-7(9)10-5-6/h2-3,5H,4H2,1H3. The van der Waals surface area contributed by atoms with E-state index in [1.165, 1.54) is 7.11 Å². The predicted molar refractivity (Wildman–Crippen MR) is 52.7 cm³/mol. The van der Waals surface area contributed by atoms with Gasteiger partial charge in [0.2, 0.25) is 0 Å². The first-order chi connectivity index (χ1) is 5.72. The maximum Gasteiger partial charge on any atom is 0.310 e. The summed E-state index contributed by atoms with van der Waals surface area (Å²) in [5.41, 5.74) is 0.877. The normalized spacial score (nSPS) is 9.50. The molecule has 0 saturated heterocycles. The molecule has 0 atom stereocenters. The van der Waals surface area contributed by atoms with E-state index in [0.29, 0.717) is 6.42 Å². The van der Waals surface area contributed by atoms with E-state index in [4.69, 9.17) is 0 Å². The highest BCUT2D eigenvalue weighted by Gasteiger charge is 2.01. The topological polar surface area (TPSA) is 39.2 Å². The highest BCUT2D eigenvalue weighted by Crippen LogP contribution is 2.03. The molecular formula is C8H8INO2. The minimum Gasteiger partial charge on any atom is -0.469 e. The van der Waals surface area contributed by atoms with Gasteiger partial charge in [-0.25, -0.2) is 0 Å². The first-order valence-electron chi connectivity index (χ1n) is 3.39. The molecule has 0 bridgehead atoms. The van der Waals surface area contributed by atoms with Crippen LogP contribution in [0.25, 0.3) is 0 Å². The zero-order chi connectivity index (χ0) is 8.97. The van der Waals surface area contributed by atoms with Gasteiger partial charge in [-0.3, -0.25) is 9.78 Å². The molecule has 0 aliphatic rings. The molecule has 1 rings (SSSR count). The van der Waals surface area contributed by atoms with Crippen LogP contribution in [0.5, 0.6) is 0 Å². The maximum absolute atomic E-state index is 10.8. The van der Waals surface area contributed by atoms with Crippen molar-refractivity contribution < 1.29 is 9.53 Å².